The zero-order chi connectivity index (χ0) is 20.2. The molecule has 1 rings (SSSR count). The lowest BCUT2D eigenvalue weighted by Gasteiger charge is -2.10. The van der Waals surface area contributed by atoms with Gasteiger partial charge in [0.1, 0.15) is 0 Å². The molecule has 1 aromatic rings. The molecule has 27 heavy (non-hydrogen) atoms. The van der Waals surface area contributed by atoms with Crippen LogP contribution in [0.25, 0.3) is 0 Å². The van der Waals surface area contributed by atoms with Crippen molar-refractivity contribution in [3.8, 4) is 0 Å². The van der Waals surface area contributed by atoms with E-state index in [1.54, 1.807) is 6.92 Å². The Hall–Kier alpha value is -2.62. The normalized spacial score (nSPS) is 10.3. The Morgan fingerprint density at radius 1 is 0.963 bits per heavy atom. The first-order chi connectivity index (χ1) is 12.8. The average molecular weight is 398 g/mol. The van der Waals surface area contributed by atoms with Crippen LogP contribution in [0.4, 0.5) is 11.6 Å². The Morgan fingerprint density at radius 3 is 2.11 bits per heavy atom. The minimum absolute atomic E-state index is 0.0555. The van der Waals surface area contributed by atoms with Crippen molar-refractivity contribution in [2.45, 2.75) is 45.4 Å². The number of anilines is 2. The molecule has 0 aliphatic heterocycles. The molecule has 1 aromatic heterocycles. The van der Waals surface area contributed by atoms with Crippen LogP contribution >= 0.6 is 11.6 Å². The van der Waals surface area contributed by atoms with E-state index >= 15 is 0 Å². The third kappa shape index (κ3) is 9.04. The van der Waals surface area contributed by atoms with E-state index < -0.39 is 5.91 Å². The first-order valence-corrected chi connectivity index (χ1v) is 9.20. The van der Waals surface area contributed by atoms with Gasteiger partial charge in [-0.15, -0.1) is 0 Å². The predicted octanol–water partition coefficient (Wildman–Crippen LogP) is 1.48. The predicted molar refractivity (Wildman–Crippen MR) is 108 cm³/mol. The first-order valence-electron chi connectivity index (χ1n) is 8.82. The van der Waals surface area contributed by atoms with E-state index in [2.05, 4.69) is 25.9 Å². The number of nitrogens with two attached hydrogens (primary N) is 2. The third-order valence-electron chi connectivity index (χ3n) is 3.65. The fourth-order valence-electron chi connectivity index (χ4n) is 2.27. The van der Waals surface area contributed by atoms with Gasteiger partial charge in [-0.1, -0.05) is 37.3 Å². The fourth-order valence-corrected chi connectivity index (χ4v) is 2.40. The molecule has 150 valence electrons. The summed E-state index contributed by atoms with van der Waals surface area (Å²) in [7, 11) is 0. The summed E-state index contributed by atoms with van der Waals surface area (Å²) >= 11 is 5.74. The Balaban J connectivity index is 2.15. The van der Waals surface area contributed by atoms with E-state index in [1.165, 1.54) is 0 Å². The number of halogens is 1. The summed E-state index contributed by atoms with van der Waals surface area (Å²) in [6, 6.07) is 0. The minimum Gasteiger partial charge on any atom is -0.382 e. The van der Waals surface area contributed by atoms with Crippen molar-refractivity contribution >= 4 is 40.9 Å². The number of amidine groups is 1. The van der Waals surface area contributed by atoms with E-state index in [-0.39, 0.29) is 28.4 Å². The highest BCUT2D eigenvalue weighted by Crippen LogP contribution is 2.17. The molecule has 0 fully saturated rings. The number of carbonyl (C=O) groups excluding carboxylic acids is 1. The van der Waals surface area contributed by atoms with Gasteiger partial charge in [-0.05, 0) is 19.8 Å². The second-order valence-corrected chi connectivity index (χ2v) is 6.42. The van der Waals surface area contributed by atoms with Crippen molar-refractivity contribution < 1.29 is 4.79 Å². The average Bonchev–Trinajstić information content (AvgIpc) is 2.59. The van der Waals surface area contributed by atoms with Gasteiger partial charge in [0.15, 0.2) is 28.4 Å². The monoisotopic (exact) mass is 397 g/mol. The number of nitrogens with one attached hydrogen (secondary N) is 5. The van der Waals surface area contributed by atoms with Gasteiger partial charge in [0.05, 0.1) is 5.84 Å². The van der Waals surface area contributed by atoms with Crippen molar-refractivity contribution in [1.29, 1.82) is 10.8 Å². The number of unbranched alkanes of at least 4 members (excludes halogenated alkanes) is 5. The van der Waals surface area contributed by atoms with Crippen LogP contribution in [0.5, 0.6) is 0 Å². The highest BCUT2D eigenvalue weighted by atomic mass is 35.5. The Kier molecular flexibility index (Phi) is 9.88. The number of carbonyl (C=O) groups is 1. The zero-order valence-electron chi connectivity index (χ0n) is 15.5. The summed E-state index contributed by atoms with van der Waals surface area (Å²) in [6.45, 7) is 3.17. The number of amides is 1. The van der Waals surface area contributed by atoms with Crippen molar-refractivity contribution in [3.05, 3.63) is 10.8 Å². The number of guanidine groups is 1. The van der Waals surface area contributed by atoms with Gasteiger partial charge in [0, 0.05) is 13.1 Å². The molecule has 1 heterocycles. The molecular formula is C16H28ClN9O. The van der Waals surface area contributed by atoms with Crippen LogP contribution in [0.1, 0.15) is 55.9 Å². The van der Waals surface area contributed by atoms with E-state index in [1.807, 2.05) is 0 Å². The van der Waals surface area contributed by atoms with Crippen LogP contribution in [-0.2, 0) is 0 Å². The second kappa shape index (κ2) is 11.9. The molecule has 9 N–H and O–H groups in total. The van der Waals surface area contributed by atoms with Crippen LogP contribution in [0.15, 0.2) is 0 Å². The summed E-state index contributed by atoms with van der Waals surface area (Å²) in [5.74, 6) is -0.506. The van der Waals surface area contributed by atoms with E-state index in [0.29, 0.717) is 12.4 Å². The van der Waals surface area contributed by atoms with E-state index in [9.17, 15) is 4.79 Å². The van der Waals surface area contributed by atoms with Crippen LogP contribution in [0.3, 0.4) is 0 Å². The van der Waals surface area contributed by atoms with Crippen LogP contribution in [0.2, 0.25) is 5.15 Å². The summed E-state index contributed by atoms with van der Waals surface area (Å²) in [4.78, 5) is 19.6. The van der Waals surface area contributed by atoms with E-state index in [0.717, 1.165) is 45.1 Å². The van der Waals surface area contributed by atoms with Gasteiger partial charge in [0.25, 0.3) is 5.91 Å². The molecule has 0 radical (unpaired) electrons. The van der Waals surface area contributed by atoms with Crippen LogP contribution in [0, 0.1) is 10.8 Å². The molecule has 0 atom stereocenters. The van der Waals surface area contributed by atoms with Gasteiger partial charge in [-0.3, -0.25) is 20.9 Å². The number of rotatable bonds is 10. The van der Waals surface area contributed by atoms with Crippen molar-refractivity contribution in [2.75, 3.05) is 24.6 Å². The Morgan fingerprint density at radius 2 is 1.52 bits per heavy atom. The molecule has 0 saturated carbocycles. The fraction of sp³-hybridized carbons (Fsp3) is 0.562. The molecule has 0 unspecified atom stereocenters. The van der Waals surface area contributed by atoms with E-state index in [4.69, 9.17) is 33.9 Å². The Bertz CT molecular complexity index is 666. The maximum absolute atomic E-state index is 12.0. The lowest BCUT2D eigenvalue weighted by atomic mass is 10.1. The summed E-state index contributed by atoms with van der Waals surface area (Å²) in [5.41, 5.74) is 10.9. The number of hydrogen-bond donors (Lipinski definition) is 7. The smallest absolute Gasteiger partial charge is 0.280 e. The van der Waals surface area contributed by atoms with Gasteiger partial charge < -0.3 is 22.1 Å². The summed E-state index contributed by atoms with van der Waals surface area (Å²) in [6.07, 6.45) is 6.38. The molecule has 0 saturated heterocycles. The SMILES string of the molecule is CC(=N)NCCCCCCCCNC(=N)NC(=O)c1nc(Cl)c(N)nc1N. The number of hydrogen-bond acceptors (Lipinski definition) is 7. The molecule has 0 spiro atoms. The number of nitrogens with zero attached hydrogens (tertiary/aromatic N) is 2. The molecule has 0 aliphatic carbocycles. The molecular weight excluding hydrogens is 370 g/mol. The van der Waals surface area contributed by atoms with Crippen molar-refractivity contribution in [1.82, 2.24) is 25.9 Å². The summed E-state index contributed by atoms with van der Waals surface area (Å²) < 4.78 is 0. The summed E-state index contributed by atoms with van der Waals surface area (Å²) in [5, 5.41) is 23.1. The lowest BCUT2D eigenvalue weighted by molar-refractivity contribution is 0.0971. The van der Waals surface area contributed by atoms with Gasteiger partial charge >= 0.3 is 0 Å². The van der Waals surface area contributed by atoms with Gasteiger partial charge in [-0.2, -0.15) is 0 Å². The third-order valence-corrected chi connectivity index (χ3v) is 3.93. The molecule has 0 bridgehead atoms. The maximum Gasteiger partial charge on any atom is 0.280 e. The first kappa shape index (κ1) is 22.4. The largest absolute Gasteiger partial charge is 0.382 e. The molecule has 0 aliphatic rings. The van der Waals surface area contributed by atoms with Gasteiger partial charge in [0.2, 0.25) is 0 Å². The van der Waals surface area contributed by atoms with Crippen molar-refractivity contribution in [2.24, 2.45) is 0 Å². The van der Waals surface area contributed by atoms with Crippen LogP contribution in [-0.4, -0.2) is 40.8 Å². The number of aromatic nitrogens is 2. The second-order valence-electron chi connectivity index (χ2n) is 6.06. The lowest BCUT2D eigenvalue weighted by Crippen LogP contribution is -2.41. The zero-order valence-corrected chi connectivity index (χ0v) is 16.2. The quantitative estimate of drug-likeness (QED) is 0.177. The number of nitrogen functional groups attached to an aromatic ring is 2. The highest BCUT2D eigenvalue weighted by molar-refractivity contribution is 6.31. The minimum atomic E-state index is -0.673. The van der Waals surface area contributed by atoms with Crippen molar-refractivity contribution in [3.63, 3.8) is 0 Å². The standard InChI is InChI=1S/C16H28ClN9O/c1-10(18)22-8-6-4-2-3-5-7-9-23-16(21)26-15(27)11-13(19)25-14(20)12(17)24-11/h2-9H2,1H3,(H2,18,22)(H4,19,20,25)(H3,21,23,26,27). The molecule has 11 heteroatoms. The topological polar surface area (TPSA) is 179 Å². The van der Waals surface area contributed by atoms with Gasteiger partial charge in [-0.25, -0.2) is 9.97 Å². The molecule has 10 nitrogen and oxygen atoms in total. The van der Waals surface area contributed by atoms with Crippen LogP contribution < -0.4 is 27.4 Å². The molecule has 0 aromatic carbocycles. The highest BCUT2D eigenvalue weighted by Gasteiger charge is 2.16. The molecule has 1 amide bonds. The maximum atomic E-state index is 12.0. The Labute approximate surface area is 163 Å².